The molecule has 0 bridgehead atoms. The second-order valence-electron chi connectivity index (χ2n) is 6.63. The van der Waals surface area contributed by atoms with Crippen molar-refractivity contribution in [2.75, 3.05) is 18.4 Å². The number of likely N-dealkylation sites (tertiary alicyclic amines) is 1. The largest absolute Gasteiger partial charge is 0.379 e. The summed E-state index contributed by atoms with van der Waals surface area (Å²) in [7, 11) is 1.64. The summed E-state index contributed by atoms with van der Waals surface area (Å²) in [5.41, 5.74) is 3.55. The first kappa shape index (κ1) is 18.6. The summed E-state index contributed by atoms with van der Waals surface area (Å²) in [6.45, 7) is 3.25. The molecule has 136 valence electrons. The van der Waals surface area contributed by atoms with Gasteiger partial charge >= 0.3 is 0 Å². The molecule has 3 heterocycles. The molecule has 4 nitrogen and oxygen atoms in total. The maximum atomic E-state index is 4.58. The third-order valence-electron chi connectivity index (χ3n) is 4.81. The van der Waals surface area contributed by atoms with Crippen molar-refractivity contribution in [2.45, 2.75) is 25.4 Å². The average molecular weight is 543 g/mol. The van der Waals surface area contributed by atoms with Gasteiger partial charge in [0.25, 0.3) is 0 Å². The molecule has 1 atom stereocenters. The number of aromatic nitrogens is 2. The normalized spacial score (nSPS) is 18.3. The van der Waals surface area contributed by atoms with E-state index in [2.05, 4.69) is 98.9 Å². The molecule has 26 heavy (non-hydrogen) atoms. The van der Waals surface area contributed by atoms with Crippen molar-refractivity contribution in [3.05, 3.63) is 58.8 Å². The monoisotopic (exact) mass is 542 g/mol. The van der Waals surface area contributed by atoms with Crippen molar-refractivity contribution in [3.8, 4) is 0 Å². The lowest BCUT2D eigenvalue weighted by Gasteiger charge is -2.34. The zero-order valence-corrected chi connectivity index (χ0v) is 18.8. The Morgan fingerprint density at radius 1 is 1.27 bits per heavy atom. The summed E-state index contributed by atoms with van der Waals surface area (Å²) in [5.74, 6) is 0. The topological polar surface area (TPSA) is 33.1 Å². The summed E-state index contributed by atoms with van der Waals surface area (Å²) >= 11 is 5.98. The molecule has 1 aliphatic rings. The molecule has 7 heteroatoms. The van der Waals surface area contributed by atoms with Gasteiger partial charge in [0.2, 0.25) is 0 Å². The molecular formula is C19H20BrIN4S. The average Bonchev–Trinajstić information content (AvgIpc) is 3.08. The minimum Gasteiger partial charge on any atom is -0.379 e. The summed E-state index contributed by atoms with van der Waals surface area (Å²) in [4.78, 5) is 7.13. The van der Waals surface area contributed by atoms with Crippen molar-refractivity contribution in [1.82, 2.24) is 13.9 Å². The number of piperidine rings is 1. The fraction of sp³-hybridized carbons (Fsp3) is 0.316. The van der Waals surface area contributed by atoms with Crippen LogP contribution in [-0.4, -0.2) is 33.0 Å². The van der Waals surface area contributed by atoms with Crippen LogP contribution in [0, 0.1) is 0 Å². The number of hydrogen-bond acceptors (Lipinski definition) is 4. The Hall–Kier alpha value is -0.770. The third-order valence-corrected chi connectivity index (χ3v) is 7.13. The van der Waals surface area contributed by atoms with Crippen LogP contribution >= 0.6 is 46.3 Å². The molecule has 0 spiro atoms. The predicted octanol–water partition coefficient (Wildman–Crippen LogP) is 5.72. The predicted molar refractivity (Wildman–Crippen MR) is 123 cm³/mol. The van der Waals surface area contributed by atoms with E-state index in [0.717, 1.165) is 28.9 Å². The van der Waals surface area contributed by atoms with Crippen LogP contribution in [0.15, 0.2) is 53.3 Å². The highest BCUT2D eigenvalue weighted by Gasteiger charge is 2.22. The van der Waals surface area contributed by atoms with E-state index in [0.29, 0.717) is 6.04 Å². The number of halogens is 2. The van der Waals surface area contributed by atoms with Gasteiger partial charge in [0.1, 0.15) is 0 Å². The van der Waals surface area contributed by atoms with Gasteiger partial charge in [0, 0.05) is 67.2 Å². The van der Waals surface area contributed by atoms with Gasteiger partial charge in [-0.3, -0.25) is 8.87 Å². The minimum atomic E-state index is 0.449. The number of nitrogens with one attached hydrogen (secondary N) is 1. The van der Waals surface area contributed by atoms with Gasteiger partial charge in [0.15, 0.2) is 5.65 Å². The number of fused-ring (bicyclic) bond motifs is 1. The molecule has 1 saturated heterocycles. The van der Waals surface area contributed by atoms with Gasteiger partial charge in [-0.05, 0) is 46.9 Å². The first-order chi connectivity index (χ1) is 12.7. The van der Waals surface area contributed by atoms with E-state index in [1.54, 1.807) is 9.12 Å². The van der Waals surface area contributed by atoms with E-state index in [9.17, 15) is 0 Å². The van der Waals surface area contributed by atoms with Crippen molar-refractivity contribution in [1.29, 1.82) is 0 Å². The lowest BCUT2D eigenvalue weighted by molar-refractivity contribution is 0.208. The van der Waals surface area contributed by atoms with Gasteiger partial charge in [0.05, 0.1) is 10.2 Å². The van der Waals surface area contributed by atoms with Crippen molar-refractivity contribution < 1.29 is 0 Å². The fourth-order valence-corrected chi connectivity index (χ4v) is 5.31. The summed E-state index contributed by atoms with van der Waals surface area (Å²) in [6.07, 6.45) is 6.40. The Bertz CT molecular complexity index is 886. The Morgan fingerprint density at radius 3 is 2.92 bits per heavy atom. The lowest BCUT2D eigenvalue weighted by Crippen LogP contribution is -2.41. The molecule has 0 saturated carbocycles. The number of hydrogen-bond donors (Lipinski definition) is 1. The van der Waals surface area contributed by atoms with Gasteiger partial charge < -0.3 is 5.32 Å². The highest BCUT2D eigenvalue weighted by atomic mass is 127. The lowest BCUT2D eigenvalue weighted by atomic mass is 10.0. The van der Waals surface area contributed by atoms with E-state index < -0.39 is 0 Å². The van der Waals surface area contributed by atoms with E-state index in [4.69, 9.17) is 0 Å². The summed E-state index contributed by atoms with van der Waals surface area (Å²) in [5, 5.41) is 4.96. The number of pyridine rings is 1. The van der Waals surface area contributed by atoms with Crippen molar-refractivity contribution in [3.63, 3.8) is 0 Å². The summed E-state index contributed by atoms with van der Waals surface area (Å²) < 4.78 is 3.12. The zero-order chi connectivity index (χ0) is 17.9. The number of nitrogens with zero attached hydrogens (tertiary/aromatic N) is 3. The van der Waals surface area contributed by atoms with E-state index >= 15 is 0 Å². The SMILES string of the molecule is Brc1cnc2c(ccn2SI)c1N[C@@H]1CCCN(Cc2ccccc2)C1. The molecule has 0 aliphatic carbocycles. The van der Waals surface area contributed by atoms with Gasteiger partial charge in [-0.1, -0.05) is 30.3 Å². The molecule has 0 radical (unpaired) electrons. The Kier molecular flexibility index (Phi) is 6.07. The molecule has 1 aromatic carbocycles. The van der Waals surface area contributed by atoms with Crippen LogP contribution < -0.4 is 5.32 Å². The Labute approximate surface area is 178 Å². The third kappa shape index (κ3) is 4.05. The number of benzene rings is 1. The number of rotatable bonds is 5. The Morgan fingerprint density at radius 2 is 2.12 bits per heavy atom. The fourth-order valence-electron chi connectivity index (χ4n) is 3.60. The molecule has 1 fully saturated rings. The van der Waals surface area contributed by atoms with Crippen LogP contribution in [0.4, 0.5) is 5.69 Å². The molecule has 2 aromatic heterocycles. The standard InChI is InChI=1S/C19H20BrIN4S/c20-17-11-22-19-16(8-10-25(19)26-21)18(17)23-15-7-4-9-24(13-15)12-14-5-2-1-3-6-14/h1-3,5-6,8,10-11,15H,4,7,9,12-13H2,(H,22,23)/t15-/m1/s1. The highest BCUT2D eigenvalue weighted by molar-refractivity contribution is 14.2. The molecule has 1 aliphatic heterocycles. The molecule has 4 rings (SSSR count). The Balaban J connectivity index is 1.51. The maximum Gasteiger partial charge on any atom is 0.152 e. The van der Waals surface area contributed by atoms with Crippen molar-refractivity contribution >= 4 is 63.0 Å². The molecule has 0 unspecified atom stereocenters. The zero-order valence-electron chi connectivity index (χ0n) is 14.2. The highest BCUT2D eigenvalue weighted by Crippen LogP contribution is 2.34. The van der Waals surface area contributed by atoms with Crippen LogP contribution in [-0.2, 0) is 6.54 Å². The smallest absolute Gasteiger partial charge is 0.152 e. The molecule has 3 aromatic rings. The molecule has 0 amide bonds. The van der Waals surface area contributed by atoms with E-state index in [1.165, 1.54) is 30.3 Å². The van der Waals surface area contributed by atoms with Crippen LogP contribution in [0.2, 0.25) is 0 Å². The van der Waals surface area contributed by atoms with Crippen molar-refractivity contribution in [2.24, 2.45) is 0 Å². The second kappa shape index (κ2) is 8.50. The second-order valence-corrected chi connectivity index (χ2v) is 9.20. The molecule has 1 N–H and O–H groups in total. The number of anilines is 1. The summed E-state index contributed by atoms with van der Waals surface area (Å²) in [6, 6.07) is 13.3. The van der Waals surface area contributed by atoms with Gasteiger partial charge in [-0.25, -0.2) is 4.98 Å². The quantitative estimate of drug-likeness (QED) is 0.418. The first-order valence-electron chi connectivity index (χ1n) is 8.72. The molecular weight excluding hydrogens is 523 g/mol. The van der Waals surface area contributed by atoms with Crippen LogP contribution in [0.25, 0.3) is 11.0 Å². The first-order valence-corrected chi connectivity index (χ1v) is 12.8. The van der Waals surface area contributed by atoms with Crippen LogP contribution in [0.5, 0.6) is 0 Å². The van der Waals surface area contributed by atoms with Gasteiger partial charge in [-0.15, -0.1) is 0 Å². The van der Waals surface area contributed by atoms with E-state index in [1.807, 2.05) is 6.20 Å². The van der Waals surface area contributed by atoms with Gasteiger partial charge in [-0.2, -0.15) is 0 Å². The van der Waals surface area contributed by atoms with E-state index in [-0.39, 0.29) is 0 Å². The van der Waals surface area contributed by atoms with Crippen LogP contribution in [0.1, 0.15) is 18.4 Å². The van der Waals surface area contributed by atoms with Crippen LogP contribution in [0.3, 0.4) is 0 Å². The minimum absolute atomic E-state index is 0.449. The maximum absolute atomic E-state index is 4.58.